The number of carbonyl (C=O) groups is 3. The van der Waals surface area contributed by atoms with Gasteiger partial charge in [0.25, 0.3) is 6.29 Å². The van der Waals surface area contributed by atoms with Gasteiger partial charge in [-0.1, -0.05) is 173 Å². The lowest BCUT2D eigenvalue weighted by Crippen LogP contribution is -2.40. The molecule has 0 aliphatic carbocycles. The molecule has 0 fully saturated rings. The Morgan fingerprint density at radius 3 is 1.48 bits per heavy atom. The quantitative estimate of drug-likeness (QED) is 0.0214. The number of hydrogen-bond donors (Lipinski definition) is 1. The molecule has 0 bridgehead atoms. The zero-order chi connectivity index (χ0) is 41.4. The second kappa shape index (κ2) is 39.6. The number of hydrogen-bond acceptors (Lipinski definition) is 7. The number of esters is 2. The average Bonchev–Trinajstić information content (AvgIpc) is 3.15. The topological polar surface area (TPSA) is 108 Å². The zero-order valence-electron chi connectivity index (χ0n) is 37.1. The molecule has 0 amide bonds. The van der Waals surface area contributed by atoms with Crippen LogP contribution in [-0.2, 0) is 33.3 Å². The fourth-order valence-electron chi connectivity index (χ4n) is 6.34. The largest absolute Gasteiger partial charge is 0.477 e. The maximum Gasteiger partial charge on any atom is 0.361 e. The lowest BCUT2D eigenvalue weighted by Gasteiger charge is -2.25. The second-order valence-corrected chi connectivity index (χ2v) is 16.7. The van der Waals surface area contributed by atoms with Crippen LogP contribution in [-0.4, -0.2) is 87.4 Å². The lowest BCUT2D eigenvalue weighted by atomic mass is 10.0. The molecule has 56 heavy (non-hydrogen) atoms. The first-order valence-corrected chi connectivity index (χ1v) is 23.0. The normalized spacial score (nSPS) is 13.1. The summed E-state index contributed by atoms with van der Waals surface area (Å²) in [6, 6.07) is 0. The van der Waals surface area contributed by atoms with Crippen molar-refractivity contribution >= 4 is 17.9 Å². The van der Waals surface area contributed by atoms with Crippen molar-refractivity contribution < 1.29 is 42.9 Å². The summed E-state index contributed by atoms with van der Waals surface area (Å²) in [5.74, 6) is -2.02. The van der Waals surface area contributed by atoms with E-state index in [1.807, 2.05) is 21.1 Å². The van der Waals surface area contributed by atoms with Crippen molar-refractivity contribution in [2.75, 3.05) is 47.5 Å². The molecular formula is C47H88NO8+. The monoisotopic (exact) mass is 795 g/mol. The number of rotatable bonds is 42. The number of allylic oxidation sites excluding steroid dienone is 4. The Kier molecular flexibility index (Phi) is 38.0. The van der Waals surface area contributed by atoms with E-state index in [2.05, 4.69) is 38.2 Å². The first-order valence-electron chi connectivity index (χ1n) is 23.0. The van der Waals surface area contributed by atoms with E-state index in [4.69, 9.17) is 18.9 Å². The van der Waals surface area contributed by atoms with Crippen LogP contribution in [0.15, 0.2) is 24.3 Å². The molecule has 0 aromatic carbocycles. The van der Waals surface area contributed by atoms with Gasteiger partial charge in [-0.2, -0.15) is 0 Å². The number of unbranched alkanes of at least 4 members (excludes halogenated alkanes) is 23. The second-order valence-electron chi connectivity index (χ2n) is 16.7. The highest BCUT2D eigenvalue weighted by Crippen LogP contribution is 2.15. The van der Waals surface area contributed by atoms with Gasteiger partial charge in [0.1, 0.15) is 13.2 Å². The molecule has 0 aromatic heterocycles. The molecule has 0 rings (SSSR count). The van der Waals surface area contributed by atoms with Crippen molar-refractivity contribution in [3.63, 3.8) is 0 Å². The summed E-state index contributed by atoms with van der Waals surface area (Å²) in [5, 5.41) is 9.63. The van der Waals surface area contributed by atoms with Gasteiger partial charge in [0, 0.05) is 12.8 Å². The zero-order valence-corrected chi connectivity index (χ0v) is 37.1. The minimum Gasteiger partial charge on any atom is -0.477 e. The summed E-state index contributed by atoms with van der Waals surface area (Å²) >= 11 is 0. The lowest BCUT2D eigenvalue weighted by molar-refractivity contribution is -0.870. The fourth-order valence-corrected chi connectivity index (χ4v) is 6.34. The highest BCUT2D eigenvalue weighted by Gasteiger charge is 2.25. The first-order chi connectivity index (χ1) is 27.1. The number of carboxylic acids is 1. The maximum absolute atomic E-state index is 12.7. The smallest absolute Gasteiger partial charge is 0.361 e. The third-order valence-electron chi connectivity index (χ3n) is 9.94. The van der Waals surface area contributed by atoms with Crippen LogP contribution in [0.1, 0.15) is 200 Å². The number of nitrogens with zero attached hydrogens (tertiary/aromatic N) is 1. The predicted octanol–water partition coefficient (Wildman–Crippen LogP) is 12.1. The van der Waals surface area contributed by atoms with E-state index in [-0.39, 0.29) is 32.2 Å². The minimum atomic E-state index is -1.51. The Labute approximate surface area is 344 Å². The number of aliphatic carboxylic acids is 1. The molecule has 2 unspecified atom stereocenters. The molecule has 0 heterocycles. The van der Waals surface area contributed by atoms with Crippen LogP contribution >= 0.6 is 0 Å². The van der Waals surface area contributed by atoms with Crippen molar-refractivity contribution in [2.24, 2.45) is 0 Å². The molecule has 0 spiro atoms. The van der Waals surface area contributed by atoms with E-state index in [9.17, 15) is 19.5 Å². The Bertz CT molecular complexity index is 976. The van der Waals surface area contributed by atoms with Gasteiger partial charge in [-0.3, -0.25) is 9.59 Å². The molecule has 9 nitrogen and oxygen atoms in total. The van der Waals surface area contributed by atoms with E-state index < -0.39 is 24.3 Å². The standard InChI is InChI=1S/C47H87NO8/c1-6-8-10-12-14-16-18-20-21-22-23-24-26-27-29-31-33-35-37-44(49)54-41-43(42-55-47(46(51)52)53-40-39-48(3,4)5)56-45(50)38-36-34-32-30-28-25-19-17-15-13-11-9-7-2/h11,13,17,19,43,47H,6-10,12,14-16,18,20-42H2,1-5H3/p+1/b13-11-,19-17-. The van der Waals surface area contributed by atoms with Gasteiger partial charge < -0.3 is 28.5 Å². The Morgan fingerprint density at radius 1 is 0.536 bits per heavy atom. The van der Waals surface area contributed by atoms with Gasteiger partial charge in [-0.15, -0.1) is 0 Å². The number of carboxylic acid groups (broad SMARTS) is 1. The van der Waals surface area contributed by atoms with Crippen molar-refractivity contribution in [2.45, 2.75) is 212 Å². The average molecular weight is 795 g/mol. The van der Waals surface area contributed by atoms with Gasteiger partial charge in [0.2, 0.25) is 0 Å². The van der Waals surface area contributed by atoms with Crippen LogP contribution < -0.4 is 0 Å². The number of likely N-dealkylation sites (N-methyl/N-ethyl adjacent to an activating group) is 1. The van der Waals surface area contributed by atoms with Gasteiger partial charge in [-0.05, 0) is 38.5 Å². The first kappa shape index (κ1) is 53.8. The van der Waals surface area contributed by atoms with Crippen LogP contribution in [0, 0.1) is 0 Å². The van der Waals surface area contributed by atoms with Crippen LogP contribution in [0.3, 0.4) is 0 Å². The number of quaternary nitrogens is 1. The van der Waals surface area contributed by atoms with Crippen molar-refractivity contribution in [3.8, 4) is 0 Å². The highest BCUT2D eigenvalue weighted by molar-refractivity contribution is 5.71. The third kappa shape index (κ3) is 40.0. The van der Waals surface area contributed by atoms with E-state index in [0.29, 0.717) is 23.9 Å². The molecule has 0 radical (unpaired) electrons. The Balaban J connectivity index is 4.38. The summed E-state index contributed by atoms with van der Waals surface area (Å²) in [7, 11) is 5.95. The van der Waals surface area contributed by atoms with E-state index in [1.165, 1.54) is 103 Å². The highest BCUT2D eigenvalue weighted by atomic mass is 16.7. The third-order valence-corrected chi connectivity index (χ3v) is 9.94. The maximum atomic E-state index is 12.7. The van der Waals surface area contributed by atoms with E-state index in [1.54, 1.807) is 0 Å². The Hall–Kier alpha value is -2.23. The van der Waals surface area contributed by atoms with Crippen LogP contribution in [0.25, 0.3) is 0 Å². The van der Waals surface area contributed by atoms with E-state index >= 15 is 0 Å². The van der Waals surface area contributed by atoms with Crippen molar-refractivity contribution in [3.05, 3.63) is 24.3 Å². The fraction of sp³-hybridized carbons (Fsp3) is 0.851. The molecular weight excluding hydrogens is 707 g/mol. The van der Waals surface area contributed by atoms with Gasteiger partial charge >= 0.3 is 17.9 Å². The Morgan fingerprint density at radius 2 is 1.00 bits per heavy atom. The summed E-state index contributed by atoms with van der Waals surface area (Å²) in [6.45, 7) is 4.80. The van der Waals surface area contributed by atoms with Crippen molar-refractivity contribution in [1.82, 2.24) is 0 Å². The van der Waals surface area contributed by atoms with Gasteiger partial charge in [-0.25, -0.2) is 4.79 Å². The molecule has 1 N–H and O–H groups in total. The summed E-state index contributed by atoms with van der Waals surface area (Å²) in [6.07, 6.45) is 39.5. The number of carbonyl (C=O) groups excluding carboxylic acids is 2. The van der Waals surface area contributed by atoms with E-state index in [0.717, 1.165) is 64.2 Å². The SMILES string of the molecule is CCC/C=C\C/C=C\CCCCCCCC(=O)OC(COC(=O)CCCCCCCCCCCCCCCCCCCC)COC(OCC[N+](C)(C)C)C(=O)O. The van der Waals surface area contributed by atoms with Crippen LogP contribution in [0.2, 0.25) is 0 Å². The number of ether oxygens (including phenoxy) is 4. The molecule has 0 saturated heterocycles. The molecule has 328 valence electrons. The molecule has 0 saturated carbocycles. The molecule has 0 aromatic rings. The van der Waals surface area contributed by atoms with Gasteiger partial charge in [0.15, 0.2) is 6.10 Å². The van der Waals surface area contributed by atoms with Crippen LogP contribution in [0.5, 0.6) is 0 Å². The van der Waals surface area contributed by atoms with Gasteiger partial charge in [0.05, 0.1) is 34.4 Å². The van der Waals surface area contributed by atoms with Crippen LogP contribution in [0.4, 0.5) is 0 Å². The minimum absolute atomic E-state index is 0.184. The summed E-state index contributed by atoms with van der Waals surface area (Å²) in [4.78, 5) is 37.1. The molecule has 0 aliphatic rings. The molecule has 2 atom stereocenters. The molecule has 0 aliphatic heterocycles. The molecule has 9 heteroatoms. The summed E-state index contributed by atoms with van der Waals surface area (Å²) in [5.41, 5.74) is 0. The summed E-state index contributed by atoms with van der Waals surface area (Å²) < 4.78 is 22.7. The predicted molar refractivity (Wildman–Crippen MR) is 231 cm³/mol. The van der Waals surface area contributed by atoms with Crippen molar-refractivity contribution in [1.29, 1.82) is 0 Å².